The molecule has 0 aromatic carbocycles. The summed E-state index contributed by atoms with van der Waals surface area (Å²) >= 11 is 0. The highest BCUT2D eigenvalue weighted by Gasteiger charge is 1.99. The summed E-state index contributed by atoms with van der Waals surface area (Å²) in [5, 5.41) is 0. The Morgan fingerprint density at radius 2 is 1.39 bits per heavy atom. The van der Waals surface area contributed by atoms with E-state index in [9.17, 15) is 0 Å². The van der Waals surface area contributed by atoms with Gasteiger partial charge in [0.2, 0.25) is 0 Å². The SMILES string of the molecule is [CH2]CCCC=CCC(C)CCCCCCCC[CH2]. The Balaban J connectivity index is 3.21. The third kappa shape index (κ3) is 13.8. The molecule has 0 aliphatic heterocycles. The van der Waals surface area contributed by atoms with Gasteiger partial charge in [-0.1, -0.05) is 90.7 Å². The van der Waals surface area contributed by atoms with Gasteiger partial charge in [0.25, 0.3) is 0 Å². The van der Waals surface area contributed by atoms with Crippen molar-refractivity contribution in [2.75, 3.05) is 0 Å². The lowest BCUT2D eigenvalue weighted by Crippen LogP contribution is -1.92. The smallest absolute Gasteiger partial charge is 0.0325 e. The van der Waals surface area contributed by atoms with Crippen LogP contribution in [0.5, 0.6) is 0 Å². The maximum Gasteiger partial charge on any atom is -0.0325 e. The lowest BCUT2D eigenvalue weighted by Gasteiger charge is -2.08. The van der Waals surface area contributed by atoms with Crippen molar-refractivity contribution < 1.29 is 0 Å². The van der Waals surface area contributed by atoms with Gasteiger partial charge in [0.05, 0.1) is 0 Å². The monoisotopic (exact) mass is 250 g/mol. The number of hydrogen-bond donors (Lipinski definition) is 0. The van der Waals surface area contributed by atoms with Crippen molar-refractivity contribution in [3.8, 4) is 0 Å². The molecule has 0 rings (SSSR count). The average Bonchev–Trinajstić information content (AvgIpc) is 2.37. The fourth-order valence-electron chi connectivity index (χ4n) is 2.20. The second kappa shape index (κ2) is 14.8. The van der Waals surface area contributed by atoms with Crippen LogP contribution in [0, 0.1) is 19.8 Å². The summed E-state index contributed by atoms with van der Waals surface area (Å²) in [5.74, 6) is 0.862. The van der Waals surface area contributed by atoms with E-state index in [1.807, 2.05) is 0 Å². The van der Waals surface area contributed by atoms with Gasteiger partial charge in [0.15, 0.2) is 0 Å². The van der Waals surface area contributed by atoms with Gasteiger partial charge >= 0.3 is 0 Å². The van der Waals surface area contributed by atoms with Gasteiger partial charge in [0.1, 0.15) is 0 Å². The Labute approximate surface area is 116 Å². The molecule has 0 N–H and O–H groups in total. The van der Waals surface area contributed by atoms with Gasteiger partial charge in [-0.05, 0) is 25.2 Å². The van der Waals surface area contributed by atoms with Crippen LogP contribution in [-0.4, -0.2) is 0 Å². The third-order valence-electron chi connectivity index (χ3n) is 3.52. The molecule has 0 heteroatoms. The first-order valence-corrected chi connectivity index (χ1v) is 8.04. The molecule has 0 aromatic heterocycles. The molecule has 0 nitrogen and oxygen atoms in total. The first-order chi connectivity index (χ1) is 8.81. The van der Waals surface area contributed by atoms with E-state index in [1.165, 1.54) is 64.2 Å². The zero-order valence-electron chi connectivity index (χ0n) is 12.6. The Morgan fingerprint density at radius 1 is 0.778 bits per heavy atom. The lowest BCUT2D eigenvalue weighted by atomic mass is 9.98. The van der Waals surface area contributed by atoms with E-state index in [1.54, 1.807) is 0 Å². The quantitative estimate of drug-likeness (QED) is 0.257. The average molecular weight is 250 g/mol. The van der Waals surface area contributed by atoms with Crippen LogP contribution in [0.2, 0.25) is 0 Å². The van der Waals surface area contributed by atoms with E-state index in [4.69, 9.17) is 0 Å². The minimum absolute atomic E-state index is 0.862. The van der Waals surface area contributed by atoms with Crippen molar-refractivity contribution in [3.05, 3.63) is 26.0 Å². The molecule has 0 amide bonds. The van der Waals surface area contributed by atoms with Crippen LogP contribution in [0.15, 0.2) is 12.2 Å². The molecule has 0 aliphatic rings. The van der Waals surface area contributed by atoms with Crippen LogP contribution in [0.4, 0.5) is 0 Å². The van der Waals surface area contributed by atoms with Gasteiger partial charge in [-0.2, -0.15) is 0 Å². The first-order valence-electron chi connectivity index (χ1n) is 8.04. The molecule has 0 fully saturated rings. The summed E-state index contributed by atoms with van der Waals surface area (Å²) in [6, 6.07) is 0. The third-order valence-corrected chi connectivity index (χ3v) is 3.52. The zero-order chi connectivity index (χ0) is 13.5. The molecule has 0 aromatic rings. The number of allylic oxidation sites excluding steroid dienone is 2. The van der Waals surface area contributed by atoms with Crippen molar-refractivity contribution in [2.24, 2.45) is 5.92 Å². The second-order valence-corrected chi connectivity index (χ2v) is 5.57. The Morgan fingerprint density at radius 3 is 2.06 bits per heavy atom. The van der Waals surface area contributed by atoms with Crippen molar-refractivity contribution in [1.29, 1.82) is 0 Å². The summed E-state index contributed by atoms with van der Waals surface area (Å²) in [5.41, 5.74) is 0. The first kappa shape index (κ1) is 17.7. The summed E-state index contributed by atoms with van der Waals surface area (Å²) in [4.78, 5) is 0. The normalized spacial score (nSPS) is 13.3. The van der Waals surface area contributed by atoms with Crippen LogP contribution in [-0.2, 0) is 0 Å². The molecule has 106 valence electrons. The summed E-state index contributed by atoms with van der Waals surface area (Å²) < 4.78 is 0. The molecular formula is C18H34. The Kier molecular flexibility index (Phi) is 14.6. The number of rotatable bonds is 13. The highest BCUT2D eigenvalue weighted by atomic mass is 14.0. The molecule has 0 spiro atoms. The van der Waals surface area contributed by atoms with E-state index in [2.05, 4.69) is 32.9 Å². The summed E-state index contributed by atoms with van der Waals surface area (Å²) in [7, 11) is 0. The molecule has 1 atom stereocenters. The predicted octanol–water partition coefficient (Wildman–Crippen LogP) is 6.53. The van der Waals surface area contributed by atoms with Gasteiger partial charge in [-0.25, -0.2) is 0 Å². The van der Waals surface area contributed by atoms with Crippen molar-refractivity contribution in [2.45, 2.75) is 84.0 Å². The summed E-state index contributed by atoms with van der Waals surface area (Å²) in [6.45, 7) is 10.1. The Hall–Kier alpha value is -0.260. The molecule has 0 saturated carbocycles. The van der Waals surface area contributed by atoms with E-state index in [0.717, 1.165) is 18.8 Å². The van der Waals surface area contributed by atoms with Crippen LogP contribution >= 0.6 is 0 Å². The van der Waals surface area contributed by atoms with Gasteiger partial charge in [-0.3, -0.25) is 0 Å². The van der Waals surface area contributed by atoms with Gasteiger partial charge in [0, 0.05) is 0 Å². The molecule has 2 radical (unpaired) electrons. The lowest BCUT2D eigenvalue weighted by molar-refractivity contribution is 0.486. The fraction of sp³-hybridized carbons (Fsp3) is 0.778. The minimum Gasteiger partial charge on any atom is -0.0885 e. The highest BCUT2D eigenvalue weighted by Crippen LogP contribution is 2.15. The van der Waals surface area contributed by atoms with Gasteiger partial charge in [-0.15, -0.1) is 0 Å². The van der Waals surface area contributed by atoms with Crippen molar-refractivity contribution >= 4 is 0 Å². The maximum absolute atomic E-state index is 3.88. The minimum atomic E-state index is 0.862. The number of unbranched alkanes of at least 4 members (excludes halogenated alkanes) is 8. The highest BCUT2D eigenvalue weighted by molar-refractivity contribution is 4.83. The van der Waals surface area contributed by atoms with Crippen molar-refractivity contribution in [1.82, 2.24) is 0 Å². The summed E-state index contributed by atoms with van der Waals surface area (Å²) in [6.07, 6.45) is 20.4. The van der Waals surface area contributed by atoms with E-state index >= 15 is 0 Å². The molecule has 0 saturated heterocycles. The second-order valence-electron chi connectivity index (χ2n) is 5.57. The maximum atomic E-state index is 3.88. The number of hydrogen-bond acceptors (Lipinski definition) is 0. The largest absolute Gasteiger partial charge is 0.0885 e. The Bertz CT molecular complexity index is 169. The van der Waals surface area contributed by atoms with Gasteiger partial charge < -0.3 is 0 Å². The zero-order valence-corrected chi connectivity index (χ0v) is 12.6. The van der Waals surface area contributed by atoms with E-state index < -0.39 is 0 Å². The van der Waals surface area contributed by atoms with Crippen LogP contribution in [0.1, 0.15) is 84.0 Å². The molecule has 0 bridgehead atoms. The molecule has 0 aliphatic carbocycles. The molecule has 0 heterocycles. The fourth-order valence-corrected chi connectivity index (χ4v) is 2.20. The van der Waals surface area contributed by atoms with Crippen LogP contribution in [0.3, 0.4) is 0 Å². The van der Waals surface area contributed by atoms with E-state index in [-0.39, 0.29) is 0 Å². The topological polar surface area (TPSA) is 0 Å². The van der Waals surface area contributed by atoms with Crippen LogP contribution < -0.4 is 0 Å². The van der Waals surface area contributed by atoms with Crippen molar-refractivity contribution in [3.63, 3.8) is 0 Å². The molecular weight excluding hydrogens is 216 g/mol. The standard InChI is InChI=1S/C18H34/c1-4-6-8-10-11-13-15-17-18(3)16-14-12-9-7-5-2/h12,14,18H,1-2,4-11,13,15-17H2,3H3. The molecule has 1 unspecified atom stereocenters. The van der Waals surface area contributed by atoms with E-state index in [0.29, 0.717) is 0 Å². The molecule has 18 heavy (non-hydrogen) atoms. The predicted molar refractivity (Wildman–Crippen MR) is 84.4 cm³/mol. The van der Waals surface area contributed by atoms with Crippen LogP contribution in [0.25, 0.3) is 0 Å².